The van der Waals surface area contributed by atoms with Gasteiger partial charge in [-0.3, -0.25) is 0 Å². The second-order valence-electron chi connectivity index (χ2n) is 3.50. The number of hydrogen-bond acceptors (Lipinski definition) is 0. The first kappa shape index (κ1) is 16.7. The van der Waals surface area contributed by atoms with Crippen LogP contribution in [-0.4, -0.2) is 7.59 Å². The third kappa shape index (κ3) is 15.7. The highest BCUT2D eigenvalue weighted by molar-refractivity contribution is 6.67. The molecular formula is C9H14Cl6. The molecule has 0 radical (unpaired) electrons. The predicted octanol–water partition coefficient (Wildman–Crippen LogP) is 6.46. The molecule has 0 amide bonds. The van der Waals surface area contributed by atoms with Gasteiger partial charge in [0.25, 0.3) is 0 Å². The molecule has 6 heteroatoms. The summed E-state index contributed by atoms with van der Waals surface area (Å²) >= 11 is 33.7. The maximum atomic E-state index is 5.61. The summed E-state index contributed by atoms with van der Waals surface area (Å²) in [7, 11) is 0. The van der Waals surface area contributed by atoms with Crippen LogP contribution in [0.1, 0.15) is 44.9 Å². The van der Waals surface area contributed by atoms with E-state index in [4.69, 9.17) is 69.6 Å². The Morgan fingerprint density at radius 3 is 1.00 bits per heavy atom. The van der Waals surface area contributed by atoms with Gasteiger partial charge in [0.15, 0.2) is 7.59 Å². The second kappa shape index (κ2) is 7.95. The standard InChI is InChI=1S/C9H14Cl6/c10-8(11,12)6-4-2-1-3-5-7-9(13,14)15/h1-7H2. The first-order chi connectivity index (χ1) is 6.71. The number of hydrogen-bond donors (Lipinski definition) is 0. The van der Waals surface area contributed by atoms with Crippen molar-refractivity contribution < 1.29 is 0 Å². The van der Waals surface area contributed by atoms with Crippen LogP contribution >= 0.6 is 69.6 Å². The minimum Gasteiger partial charge on any atom is -0.0837 e. The molecule has 0 aliphatic rings. The zero-order valence-corrected chi connectivity index (χ0v) is 12.8. The van der Waals surface area contributed by atoms with Gasteiger partial charge in [0.2, 0.25) is 0 Å². The predicted molar refractivity (Wildman–Crippen MR) is 72.9 cm³/mol. The number of halogens is 6. The average molecular weight is 335 g/mol. The second-order valence-corrected chi connectivity index (χ2v) is 8.53. The van der Waals surface area contributed by atoms with Crippen molar-refractivity contribution in [3.8, 4) is 0 Å². The molecule has 0 aromatic carbocycles. The van der Waals surface area contributed by atoms with Crippen molar-refractivity contribution in [2.24, 2.45) is 0 Å². The normalized spacial score (nSPS) is 13.2. The topological polar surface area (TPSA) is 0 Å². The molecule has 0 aliphatic heterocycles. The van der Waals surface area contributed by atoms with Crippen molar-refractivity contribution >= 4 is 69.6 Å². The van der Waals surface area contributed by atoms with Crippen LogP contribution in [0.2, 0.25) is 0 Å². The lowest BCUT2D eigenvalue weighted by Crippen LogP contribution is -2.02. The van der Waals surface area contributed by atoms with Crippen LogP contribution in [0.3, 0.4) is 0 Å². The molecule has 0 aromatic heterocycles. The van der Waals surface area contributed by atoms with Gasteiger partial charge in [-0.25, -0.2) is 0 Å². The number of alkyl halides is 6. The molecule has 0 atom stereocenters. The van der Waals surface area contributed by atoms with Gasteiger partial charge in [-0.2, -0.15) is 0 Å². The summed E-state index contributed by atoms with van der Waals surface area (Å²) in [6.07, 6.45) is 6.22. The molecule has 0 heterocycles. The van der Waals surface area contributed by atoms with Gasteiger partial charge in [0, 0.05) is 0 Å². The van der Waals surface area contributed by atoms with Gasteiger partial charge >= 0.3 is 0 Å². The molecule has 0 bridgehead atoms. The monoisotopic (exact) mass is 332 g/mol. The summed E-state index contributed by atoms with van der Waals surface area (Å²) in [4.78, 5) is 0. The lowest BCUT2D eigenvalue weighted by Gasteiger charge is -2.11. The van der Waals surface area contributed by atoms with Crippen LogP contribution in [0.15, 0.2) is 0 Å². The third-order valence-corrected chi connectivity index (χ3v) is 3.05. The Morgan fingerprint density at radius 2 is 0.733 bits per heavy atom. The van der Waals surface area contributed by atoms with Crippen LogP contribution in [0.4, 0.5) is 0 Å². The van der Waals surface area contributed by atoms with E-state index in [2.05, 4.69) is 0 Å². The lowest BCUT2D eigenvalue weighted by molar-refractivity contribution is 0.585. The van der Waals surface area contributed by atoms with Gasteiger partial charge in [0.1, 0.15) is 0 Å². The van der Waals surface area contributed by atoms with Crippen molar-refractivity contribution in [1.29, 1.82) is 0 Å². The average Bonchev–Trinajstić information content (AvgIpc) is 1.98. The Labute approximate surface area is 121 Å². The van der Waals surface area contributed by atoms with Crippen molar-refractivity contribution in [3.63, 3.8) is 0 Å². The van der Waals surface area contributed by atoms with E-state index in [1.54, 1.807) is 0 Å². The lowest BCUT2D eigenvalue weighted by atomic mass is 10.1. The molecule has 0 unspecified atom stereocenters. The Hall–Kier alpha value is 1.74. The van der Waals surface area contributed by atoms with Crippen LogP contribution in [0.5, 0.6) is 0 Å². The molecule has 0 rings (SSSR count). The highest BCUT2D eigenvalue weighted by Gasteiger charge is 2.19. The third-order valence-electron chi connectivity index (χ3n) is 1.92. The van der Waals surface area contributed by atoms with Crippen LogP contribution in [-0.2, 0) is 0 Å². The molecule has 0 saturated carbocycles. The van der Waals surface area contributed by atoms with Gasteiger partial charge in [0.05, 0.1) is 0 Å². The Bertz CT molecular complexity index is 139. The molecule has 0 aliphatic carbocycles. The van der Waals surface area contributed by atoms with Gasteiger partial charge in [-0.1, -0.05) is 88.9 Å². The molecule has 0 aromatic rings. The van der Waals surface area contributed by atoms with E-state index in [0.29, 0.717) is 12.8 Å². The summed E-state index contributed by atoms with van der Waals surface area (Å²) in [5, 5.41) is 0. The highest BCUT2D eigenvalue weighted by atomic mass is 35.6. The molecule has 0 spiro atoms. The molecule has 0 saturated heterocycles. The largest absolute Gasteiger partial charge is 0.190 e. The Balaban J connectivity index is 3.20. The van der Waals surface area contributed by atoms with Crippen LogP contribution < -0.4 is 0 Å². The van der Waals surface area contributed by atoms with E-state index in [-0.39, 0.29) is 0 Å². The molecule has 15 heavy (non-hydrogen) atoms. The van der Waals surface area contributed by atoms with Crippen molar-refractivity contribution in [3.05, 3.63) is 0 Å². The summed E-state index contributed by atoms with van der Waals surface area (Å²) < 4.78 is -2.23. The van der Waals surface area contributed by atoms with E-state index < -0.39 is 7.59 Å². The summed E-state index contributed by atoms with van der Waals surface area (Å²) in [6, 6.07) is 0. The fourth-order valence-electron chi connectivity index (χ4n) is 1.18. The Kier molecular flexibility index (Phi) is 8.87. The molecular weight excluding hydrogens is 321 g/mol. The number of unbranched alkanes of at least 4 members (excludes halogenated alkanes) is 4. The smallest absolute Gasteiger partial charge is 0.0837 e. The van der Waals surface area contributed by atoms with E-state index in [9.17, 15) is 0 Å². The molecule has 92 valence electrons. The van der Waals surface area contributed by atoms with E-state index >= 15 is 0 Å². The SMILES string of the molecule is ClC(Cl)(Cl)CCCCCCCC(Cl)(Cl)Cl. The number of rotatable bonds is 6. The maximum absolute atomic E-state index is 5.61. The van der Waals surface area contributed by atoms with E-state index in [1.807, 2.05) is 0 Å². The zero-order valence-electron chi connectivity index (χ0n) is 8.22. The summed E-state index contributed by atoms with van der Waals surface area (Å²) in [5.74, 6) is 0. The van der Waals surface area contributed by atoms with Crippen molar-refractivity contribution in [2.45, 2.75) is 52.5 Å². The first-order valence-corrected chi connectivity index (χ1v) is 7.11. The molecule has 0 nitrogen and oxygen atoms in total. The minimum atomic E-state index is -1.11. The molecule has 0 N–H and O–H groups in total. The fraction of sp³-hybridized carbons (Fsp3) is 1.00. The summed E-state index contributed by atoms with van der Waals surface area (Å²) in [6.45, 7) is 0. The summed E-state index contributed by atoms with van der Waals surface area (Å²) in [5.41, 5.74) is 0. The first-order valence-electron chi connectivity index (χ1n) is 4.84. The highest BCUT2D eigenvalue weighted by Crippen LogP contribution is 2.33. The van der Waals surface area contributed by atoms with E-state index in [0.717, 1.165) is 32.1 Å². The quantitative estimate of drug-likeness (QED) is 0.386. The minimum absolute atomic E-state index is 0.599. The van der Waals surface area contributed by atoms with Crippen LogP contribution in [0.25, 0.3) is 0 Å². The van der Waals surface area contributed by atoms with Crippen LogP contribution in [0, 0.1) is 0 Å². The molecule has 0 fully saturated rings. The van der Waals surface area contributed by atoms with E-state index in [1.165, 1.54) is 0 Å². The van der Waals surface area contributed by atoms with Crippen molar-refractivity contribution in [1.82, 2.24) is 0 Å². The zero-order chi connectivity index (χ0) is 11.9. The van der Waals surface area contributed by atoms with Crippen molar-refractivity contribution in [2.75, 3.05) is 0 Å². The van der Waals surface area contributed by atoms with Gasteiger partial charge in [-0.05, 0) is 25.7 Å². The Morgan fingerprint density at radius 1 is 0.467 bits per heavy atom. The fourth-order valence-corrected chi connectivity index (χ4v) is 1.98. The van der Waals surface area contributed by atoms with Gasteiger partial charge in [-0.15, -0.1) is 0 Å². The van der Waals surface area contributed by atoms with Gasteiger partial charge < -0.3 is 0 Å². The maximum Gasteiger partial charge on any atom is 0.190 e.